The quantitative estimate of drug-likeness (QED) is 0.543. The summed E-state index contributed by atoms with van der Waals surface area (Å²) in [6, 6.07) is 0. The number of amides is 2. The summed E-state index contributed by atoms with van der Waals surface area (Å²) < 4.78 is 0. The van der Waals surface area contributed by atoms with E-state index in [2.05, 4.69) is 12.2 Å². The smallest absolute Gasteiger partial charge is 0.233 e. The number of imide groups is 1. The topological polar surface area (TPSA) is 63.4 Å². The van der Waals surface area contributed by atoms with Gasteiger partial charge in [-0.15, -0.1) is 0 Å². The fourth-order valence-corrected chi connectivity index (χ4v) is 3.43. The Balaban J connectivity index is 1.83. The van der Waals surface area contributed by atoms with Gasteiger partial charge >= 0.3 is 0 Å². The lowest BCUT2D eigenvalue weighted by Gasteiger charge is -2.16. The molecule has 0 aromatic rings. The minimum absolute atomic E-state index is 0.0419. The van der Waals surface area contributed by atoms with Gasteiger partial charge in [-0.1, -0.05) is 12.2 Å². The molecule has 0 aromatic heterocycles. The largest absolute Gasteiger partial charge is 0.330 e. The second-order valence-electron chi connectivity index (χ2n) is 4.97. The standard InChI is InChI=1S/C12H16N2O2/c13-4-1-5-14-11(15)9-7-2-3-8(6-7)10(9)12(14)16/h2-3,7-10H,1,4-6,13H2/t7-,8-,9-,10+/m0/s1. The highest BCUT2D eigenvalue weighted by molar-refractivity contribution is 6.06. The van der Waals surface area contributed by atoms with Crippen LogP contribution in [0.3, 0.4) is 0 Å². The van der Waals surface area contributed by atoms with Crippen LogP contribution in [0.1, 0.15) is 12.8 Å². The highest BCUT2D eigenvalue weighted by Crippen LogP contribution is 2.52. The molecule has 3 aliphatic rings. The van der Waals surface area contributed by atoms with E-state index in [1.54, 1.807) is 0 Å². The molecule has 2 aliphatic carbocycles. The molecule has 0 aromatic carbocycles. The van der Waals surface area contributed by atoms with E-state index < -0.39 is 0 Å². The third-order valence-corrected chi connectivity index (χ3v) is 4.15. The molecule has 0 radical (unpaired) electrons. The fourth-order valence-electron chi connectivity index (χ4n) is 3.43. The summed E-state index contributed by atoms with van der Waals surface area (Å²) in [5, 5.41) is 0. The molecule has 2 fully saturated rings. The predicted molar refractivity (Wildman–Crippen MR) is 58.1 cm³/mol. The van der Waals surface area contributed by atoms with E-state index in [-0.39, 0.29) is 23.7 Å². The van der Waals surface area contributed by atoms with Gasteiger partial charge in [-0.05, 0) is 31.2 Å². The third-order valence-electron chi connectivity index (χ3n) is 4.15. The van der Waals surface area contributed by atoms with E-state index in [0.717, 1.165) is 6.42 Å². The van der Waals surface area contributed by atoms with Crippen molar-refractivity contribution in [2.75, 3.05) is 13.1 Å². The first-order valence-electron chi connectivity index (χ1n) is 5.97. The van der Waals surface area contributed by atoms with Crippen molar-refractivity contribution in [2.45, 2.75) is 12.8 Å². The molecule has 2 bridgehead atoms. The number of carbonyl (C=O) groups excluding carboxylic acids is 2. The van der Waals surface area contributed by atoms with Crippen molar-refractivity contribution in [3.8, 4) is 0 Å². The molecule has 2 amide bonds. The molecule has 16 heavy (non-hydrogen) atoms. The van der Waals surface area contributed by atoms with Crippen LogP contribution in [0.4, 0.5) is 0 Å². The van der Waals surface area contributed by atoms with Gasteiger partial charge in [-0.2, -0.15) is 0 Å². The molecule has 4 nitrogen and oxygen atoms in total. The van der Waals surface area contributed by atoms with Crippen LogP contribution in [0.25, 0.3) is 0 Å². The first-order valence-corrected chi connectivity index (χ1v) is 5.97. The lowest BCUT2D eigenvalue weighted by molar-refractivity contribution is -0.140. The number of rotatable bonds is 3. The monoisotopic (exact) mass is 220 g/mol. The van der Waals surface area contributed by atoms with E-state index in [9.17, 15) is 9.59 Å². The van der Waals surface area contributed by atoms with Gasteiger partial charge in [0.1, 0.15) is 0 Å². The van der Waals surface area contributed by atoms with Crippen molar-refractivity contribution in [1.29, 1.82) is 0 Å². The molecule has 1 aliphatic heterocycles. The molecular formula is C12H16N2O2. The SMILES string of the molecule is NCCCN1C(=O)[C@@H]2[C@H](C1=O)[C@H]1C=C[C@H]2C1. The average Bonchev–Trinajstić information content (AvgIpc) is 2.92. The second kappa shape index (κ2) is 3.42. The molecule has 86 valence electrons. The molecule has 4 atom stereocenters. The maximum atomic E-state index is 12.1. The van der Waals surface area contributed by atoms with Crippen LogP contribution in [-0.2, 0) is 9.59 Å². The Morgan fingerprint density at radius 3 is 2.25 bits per heavy atom. The third kappa shape index (κ3) is 1.13. The van der Waals surface area contributed by atoms with E-state index in [1.165, 1.54) is 4.90 Å². The Kier molecular flexibility index (Phi) is 2.14. The zero-order valence-corrected chi connectivity index (χ0v) is 9.13. The molecule has 0 unspecified atom stereocenters. The maximum Gasteiger partial charge on any atom is 0.233 e. The normalized spacial score (nSPS) is 39.9. The van der Waals surface area contributed by atoms with Crippen molar-refractivity contribution in [3.05, 3.63) is 12.2 Å². The highest BCUT2D eigenvalue weighted by atomic mass is 16.2. The van der Waals surface area contributed by atoms with E-state index in [4.69, 9.17) is 5.73 Å². The van der Waals surface area contributed by atoms with E-state index >= 15 is 0 Å². The van der Waals surface area contributed by atoms with Gasteiger partial charge in [0.25, 0.3) is 0 Å². The number of nitrogens with two attached hydrogens (primary N) is 1. The molecule has 3 rings (SSSR count). The maximum absolute atomic E-state index is 12.1. The van der Waals surface area contributed by atoms with Gasteiger partial charge < -0.3 is 5.73 Å². The molecule has 2 N–H and O–H groups in total. The number of hydrogen-bond donors (Lipinski definition) is 1. The summed E-state index contributed by atoms with van der Waals surface area (Å²) >= 11 is 0. The number of likely N-dealkylation sites (tertiary alicyclic amines) is 1. The van der Waals surface area contributed by atoms with Gasteiger partial charge in [0.05, 0.1) is 11.8 Å². The van der Waals surface area contributed by atoms with E-state index in [1.807, 2.05) is 0 Å². The Hall–Kier alpha value is -1.16. The van der Waals surface area contributed by atoms with Gasteiger partial charge in [0, 0.05) is 6.54 Å². The Labute approximate surface area is 94.5 Å². The van der Waals surface area contributed by atoms with Gasteiger partial charge in [0.2, 0.25) is 11.8 Å². The molecule has 1 heterocycles. The highest BCUT2D eigenvalue weighted by Gasteiger charge is 2.58. The van der Waals surface area contributed by atoms with Gasteiger partial charge in [-0.3, -0.25) is 14.5 Å². The summed E-state index contributed by atoms with van der Waals surface area (Å²) in [7, 11) is 0. The number of carbonyl (C=O) groups is 2. The van der Waals surface area contributed by atoms with Crippen LogP contribution in [0.15, 0.2) is 12.2 Å². The van der Waals surface area contributed by atoms with E-state index in [0.29, 0.717) is 31.3 Å². The van der Waals surface area contributed by atoms with Crippen molar-refractivity contribution < 1.29 is 9.59 Å². The van der Waals surface area contributed by atoms with Crippen LogP contribution in [0.5, 0.6) is 0 Å². The van der Waals surface area contributed by atoms with Crippen LogP contribution < -0.4 is 5.73 Å². The van der Waals surface area contributed by atoms with Crippen LogP contribution in [-0.4, -0.2) is 29.8 Å². The first-order chi connectivity index (χ1) is 7.74. The van der Waals surface area contributed by atoms with Crippen LogP contribution in [0.2, 0.25) is 0 Å². The fraction of sp³-hybridized carbons (Fsp3) is 0.667. The van der Waals surface area contributed by atoms with Crippen molar-refractivity contribution in [2.24, 2.45) is 29.4 Å². The summed E-state index contributed by atoms with van der Waals surface area (Å²) in [5.41, 5.74) is 5.42. The molecule has 4 heteroatoms. The lowest BCUT2D eigenvalue weighted by atomic mass is 9.85. The minimum atomic E-state index is -0.0553. The Morgan fingerprint density at radius 1 is 1.19 bits per heavy atom. The summed E-state index contributed by atoms with van der Waals surface area (Å²) in [6.07, 6.45) is 5.93. The molecular weight excluding hydrogens is 204 g/mol. The number of fused-ring (bicyclic) bond motifs is 5. The molecule has 1 saturated heterocycles. The minimum Gasteiger partial charge on any atom is -0.330 e. The van der Waals surface area contributed by atoms with Gasteiger partial charge in [-0.25, -0.2) is 0 Å². The summed E-state index contributed by atoms with van der Waals surface area (Å²) in [6.45, 7) is 1.03. The zero-order valence-electron chi connectivity index (χ0n) is 9.13. The first kappa shape index (κ1) is 10.0. The lowest BCUT2D eigenvalue weighted by Crippen LogP contribution is -2.34. The van der Waals surface area contributed by atoms with Crippen molar-refractivity contribution >= 4 is 11.8 Å². The molecule has 0 spiro atoms. The van der Waals surface area contributed by atoms with Crippen molar-refractivity contribution in [1.82, 2.24) is 4.90 Å². The number of allylic oxidation sites excluding steroid dienone is 2. The summed E-state index contributed by atoms with van der Waals surface area (Å²) in [5.74, 6) is 0.602. The number of nitrogens with zero attached hydrogens (tertiary/aromatic N) is 1. The summed E-state index contributed by atoms with van der Waals surface area (Å²) in [4.78, 5) is 25.7. The zero-order chi connectivity index (χ0) is 11.3. The Bertz CT molecular complexity index is 347. The Morgan fingerprint density at radius 2 is 1.75 bits per heavy atom. The predicted octanol–water partition coefficient (Wildman–Crippen LogP) is 0.142. The number of hydrogen-bond acceptors (Lipinski definition) is 3. The average molecular weight is 220 g/mol. The van der Waals surface area contributed by atoms with Crippen LogP contribution >= 0.6 is 0 Å². The van der Waals surface area contributed by atoms with Gasteiger partial charge in [0.15, 0.2) is 0 Å². The molecule has 1 saturated carbocycles. The second-order valence-corrected chi connectivity index (χ2v) is 4.97. The van der Waals surface area contributed by atoms with Crippen LogP contribution in [0, 0.1) is 23.7 Å². The van der Waals surface area contributed by atoms with Crippen molar-refractivity contribution in [3.63, 3.8) is 0 Å².